The van der Waals surface area contributed by atoms with E-state index in [-0.39, 0.29) is 16.8 Å². The van der Waals surface area contributed by atoms with E-state index in [4.69, 9.17) is 5.73 Å². The smallest absolute Gasteiger partial charge is 0.274 e. The number of rotatable bonds is 5. The summed E-state index contributed by atoms with van der Waals surface area (Å²) in [5, 5.41) is 13.0. The first-order valence-corrected chi connectivity index (χ1v) is 11.6. The Morgan fingerprint density at radius 2 is 1.74 bits per heavy atom. The van der Waals surface area contributed by atoms with Crippen LogP contribution in [0.5, 0.6) is 0 Å². The quantitative estimate of drug-likeness (QED) is 0.575. The van der Waals surface area contributed by atoms with E-state index in [0.717, 1.165) is 6.54 Å². The monoisotopic (exact) mass is 496 g/mol. The van der Waals surface area contributed by atoms with Crippen LogP contribution in [-0.2, 0) is 16.1 Å². The number of amides is 2. The lowest BCUT2D eigenvalue weighted by Crippen LogP contribution is -2.39. The van der Waals surface area contributed by atoms with E-state index in [1.165, 1.54) is 4.90 Å². The highest BCUT2D eigenvalue weighted by atomic mass is 19.1. The highest BCUT2D eigenvalue weighted by molar-refractivity contribution is 6.03. The second kappa shape index (κ2) is 13.6. The van der Waals surface area contributed by atoms with E-state index in [1.54, 1.807) is 18.9 Å². The Balaban J connectivity index is 0.00000114. The molecular weight excluding hydrogens is 461 g/mol. The normalized spacial score (nSPS) is 14.5. The van der Waals surface area contributed by atoms with Crippen molar-refractivity contribution in [1.29, 1.82) is 0 Å². The molecule has 1 aromatic carbocycles. The van der Waals surface area contributed by atoms with Crippen LogP contribution in [-0.4, -0.2) is 53.4 Å². The molecule has 1 aromatic rings. The Hall–Kier alpha value is -3.27. The minimum absolute atomic E-state index is 0.0337. The summed E-state index contributed by atoms with van der Waals surface area (Å²) in [6, 6.07) is 1.06. The van der Waals surface area contributed by atoms with Crippen LogP contribution in [0, 0.1) is 17.5 Å². The number of aliphatic hydroxyl groups is 1. The largest absolute Gasteiger partial charge is 0.505 e. The van der Waals surface area contributed by atoms with Crippen molar-refractivity contribution in [3.8, 4) is 0 Å². The lowest BCUT2D eigenvalue weighted by atomic mass is 9.95. The van der Waals surface area contributed by atoms with Gasteiger partial charge >= 0.3 is 0 Å². The second-order valence-corrected chi connectivity index (χ2v) is 7.51. The van der Waals surface area contributed by atoms with Gasteiger partial charge in [-0.3, -0.25) is 9.59 Å². The summed E-state index contributed by atoms with van der Waals surface area (Å²) < 4.78 is 40.8. The number of nitrogens with one attached hydrogen (secondary N) is 1. The molecule has 7 nitrogen and oxygen atoms in total. The third kappa shape index (κ3) is 6.66. The molecule has 10 heteroatoms. The highest BCUT2D eigenvalue weighted by Gasteiger charge is 2.39. The molecule has 0 atom stereocenters. The number of halogens is 3. The number of hydrogen-bond acceptors (Lipinski definition) is 5. The predicted octanol–water partition coefficient (Wildman–Crippen LogP) is 3.88. The zero-order chi connectivity index (χ0) is 26.9. The van der Waals surface area contributed by atoms with Crippen LogP contribution >= 0.6 is 0 Å². The van der Waals surface area contributed by atoms with Crippen molar-refractivity contribution >= 4 is 11.8 Å². The molecule has 2 amide bonds. The van der Waals surface area contributed by atoms with Crippen LogP contribution in [0.3, 0.4) is 0 Å². The SMILES string of the molecule is C=C1C(O)=C(C(=O)N(C)CC)N2CCCC2=C1C(=O)NCc1c(F)cc(F)cc1F.CC.CCN. The molecule has 0 aliphatic carbocycles. The predicted molar refractivity (Wildman–Crippen MR) is 129 cm³/mol. The number of carbonyl (C=O) groups is 2. The third-order valence-electron chi connectivity index (χ3n) is 5.27. The molecule has 1 saturated heterocycles. The number of nitrogens with zero attached hydrogens (tertiary/aromatic N) is 2. The number of hydrogen-bond donors (Lipinski definition) is 3. The standard InChI is InChI=1S/C21H22F3N3O3.C2H7N.C2H6/c1-4-26(3)21(30)18-19(28)11(2)17(16-6-5-7-27(16)18)20(29)25-10-13-14(23)8-12(22)9-15(13)24;1-2-3;1-2/h8-9,28H,2,4-7,10H2,1,3H3,(H,25,29);2-3H2,1H3;1-2H3. The summed E-state index contributed by atoms with van der Waals surface area (Å²) in [7, 11) is 1.60. The molecular formula is C25H35F3N4O3. The number of nitrogens with two attached hydrogens (primary N) is 1. The molecule has 0 saturated carbocycles. The van der Waals surface area contributed by atoms with E-state index >= 15 is 0 Å². The van der Waals surface area contributed by atoms with Gasteiger partial charge in [0.15, 0.2) is 5.76 Å². The molecule has 0 aromatic heterocycles. The number of allylic oxidation sites excluding steroid dienone is 2. The van der Waals surface area contributed by atoms with Crippen molar-refractivity contribution in [2.24, 2.45) is 5.73 Å². The second-order valence-electron chi connectivity index (χ2n) is 7.51. The Morgan fingerprint density at radius 1 is 1.20 bits per heavy atom. The molecule has 4 N–H and O–H groups in total. The van der Waals surface area contributed by atoms with Gasteiger partial charge < -0.3 is 26.0 Å². The van der Waals surface area contributed by atoms with E-state index in [9.17, 15) is 27.9 Å². The lowest BCUT2D eigenvalue weighted by Gasteiger charge is -2.32. The summed E-state index contributed by atoms with van der Waals surface area (Å²) in [4.78, 5) is 28.5. The minimum Gasteiger partial charge on any atom is -0.505 e. The maximum Gasteiger partial charge on any atom is 0.274 e. The Labute approximate surface area is 204 Å². The molecule has 2 aliphatic rings. The van der Waals surface area contributed by atoms with Gasteiger partial charge in [0.2, 0.25) is 0 Å². The maximum absolute atomic E-state index is 13.8. The lowest BCUT2D eigenvalue weighted by molar-refractivity contribution is -0.127. The van der Waals surface area contributed by atoms with Crippen LogP contribution < -0.4 is 11.1 Å². The van der Waals surface area contributed by atoms with Crippen LogP contribution in [0.2, 0.25) is 0 Å². The van der Waals surface area contributed by atoms with Gasteiger partial charge in [-0.2, -0.15) is 0 Å². The Morgan fingerprint density at radius 3 is 2.26 bits per heavy atom. The van der Waals surface area contributed by atoms with Gasteiger partial charge in [-0.15, -0.1) is 0 Å². The van der Waals surface area contributed by atoms with Crippen LogP contribution in [0.4, 0.5) is 13.2 Å². The number of carbonyl (C=O) groups excluding carboxylic acids is 2. The van der Waals surface area contributed by atoms with Crippen molar-refractivity contribution in [2.45, 2.75) is 47.1 Å². The van der Waals surface area contributed by atoms with Crippen molar-refractivity contribution < 1.29 is 27.9 Å². The first-order chi connectivity index (χ1) is 16.6. The van der Waals surface area contributed by atoms with Crippen molar-refractivity contribution in [3.63, 3.8) is 0 Å². The van der Waals surface area contributed by atoms with Gasteiger partial charge in [0.05, 0.1) is 5.57 Å². The number of fused-ring (bicyclic) bond motifs is 1. The van der Waals surface area contributed by atoms with E-state index in [1.807, 2.05) is 20.8 Å². The van der Waals surface area contributed by atoms with Gasteiger partial charge in [-0.25, -0.2) is 13.2 Å². The van der Waals surface area contributed by atoms with Gasteiger partial charge in [0.1, 0.15) is 23.1 Å². The molecule has 0 unspecified atom stereocenters. The van der Waals surface area contributed by atoms with Crippen molar-refractivity contribution in [1.82, 2.24) is 15.1 Å². The molecule has 2 aliphatic heterocycles. The molecule has 1 fully saturated rings. The van der Waals surface area contributed by atoms with Crippen molar-refractivity contribution in [3.05, 3.63) is 70.0 Å². The van der Waals surface area contributed by atoms with Gasteiger partial charge in [0.25, 0.3) is 11.8 Å². The zero-order valence-corrected chi connectivity index (χ0v) is 21.0. The number of likely N-dealkylation sites (N-methyl/N-ethyl adjacent to an activating group) is 1. The summed E-state index contributed by atoms with van der Waals surface area (Å²) in [5.74, 6) is -4.80. The molecule has 3 rings (SSSR count). The van der Waals surface area contributed by atoms with Crippen LogP contribution in [0.1, 0.15) is 46.1 Å². The summed E-state index contributed by atoms with van der Waals surface area (Å²) in [5.41, 5.74) is 4.96. The van der Waals surface area contributed by atoms with Crippen LogP contribution in [0.25, 0.3) is 0 Å². The average molecular weight is 497 g/mol. The first kappa shape index (κ1) is 29.8. The Kier molecular flexibility index (Phi) is 11.5. The summed E-state index contributed by atoms with van der Waals surface area (Å²) in [6.07, 6.45) is 1.13. The first-order valence-electron chi connectivity index (χ1n) is 11.6. The topological polar surface area (TPSA) is 98.9 Å². The van der Waals surface area contributed by atoms with Gasteiger partial charge in [0, 0.05) is 55.6 Å². The molecule has 194 valence electrons. The Bertz CT molecular complexity index is 998. The number of aliphatic hydroxyl groups excluding tert-OH is 1. The third-order valence-corrected chi connectivity index (χ3v) is 5.27. The fraction of sp³-hybridized carbons (Fsp3) is 0.440. The average Bonchev–Trinajstić information content (AvgIpc) is 3.28. The highest BCUT2D eigenvalue weighted by Crippen LogP contribution is 2.39. The maximum atomic E-state index is 13.8. The summed E-state index contributed by atoms with van der Waals surface area (Å²) in [6.45, 7) is 12.5. The van der Waals surface area contributed by atoms with E-state index in [0.29, 0.717) is 43.8 Å². The summed E-state index contributed by atoms with van der Waals surface area (Å²) >= 11 is 0. The fourth-order valence-corrected chi connectivity index (χ4v) is 3.55. The van der Waals surface area contributed by atoms with Crippen LogP contribution in [0.15, 0.2) is 47.0 Å². The van der Waals surface area contributed by atoms with Gasteiger partial charge in [-0.05, 0) is 26.3 Å². The number of benzene rings is 1. The molecule has 0 bridgehead atoms. The molecule has 0 radical (unpaired) electrons. The fourth-order valence-electron chi connectivity index (χ4n) is 3.55. The molecule has 2 heterocycles. The minimum atomic E-state index is -1.12. The van der Waals surface area contributed by atoms with Crippen molar-refractivity contribution in [2.75, 3.05) is 26.7 Å². The zero-order valence-electron chi connectivity index (χ0n) is 21.0. The van der Waals surface area contributed by atoms with E-state index in [2.05, 4.69) is 11.9 Å². The molecule has 0 spiro atoms. The molecule has 35 heavy (non-hydrogen) atoms. The van der Waals surface area contributed by atoms with E-state index < -0.39 is 47.1 Å². The van der Waals surface area contributed by atoms with Gasteiger partial charge in [-0.1, -0.05) is 27.4 Å².